The van der Waals surface area contributed by atoms with Crippen LogP contribution in [-0.4, -0.2) is 19.6 Å². The first kappa shape index (κ1) is 11.4. The van der Waals surface area contributed by atoms with E-state index in [4.69, 9.17) is 0 Å². The third-order valence-electron chi connectivity index (χ3n) is 2.63. The van der Waals surface area contributed by atoms with Gasteiger partial charge in [-0.2, -0.15) is 4.52 Å². The Bertz CT molecular complexity index is 910. The zero-order chi connectivity index (χ0) is 13.0. The van der Waals surface area contributed by atoms with Crippen molar-refractivity contribution in [1.29, 1.82) is 0 Å². The molecule has 0 spiro atoms. The van der Waals surface area contributed by atoms with E-state index < -0.39 is 0 Å². The number of imidazole rings is 1. The highest BCUT2D eigenvalue weighted by Crippen LogP contribution is 2.32. The van der Waals surface area contributed by atoms with Crippen LogP contribution in [0.4, 0.5) is 4.39 Å². The predicted molar refractivity (Wildman–Crippen MR) is 77.1 cm³/mol. The van der Waals surface area contributed by atoms with E-state index in [1.807, 2.05) is 0 Å². The van der Waals surface area contributed by atoms with Gasteiger partial charge >= 0.3 is 0 Å². The molecule has 0 unspecified atom stereocenters. The number of hydrogen-bond acceptors (Lipinski definition) is 5. The van der Waals surface area contributed by atoms with Crippen LogP contribution in [0.1, 0.15) is 0 Å². The summed E-state index contributed by atoms with van der Waals surface area (Å²) in [5, 5.41) is 5.10. The van der Waals surface area contributed by atoms with E-state index in [-0.39, 0.29) is 5.82 Å². The average molecular weight is 355 g/mol. The lowest BCUT2D eigenvalue weighted by molar-refractivity contribution is 0.630. The number of fused-ring (bicyclic) bond motifs is 2. The summed E-state index contributed by atoms with van der Waals surface area (Å²) in [5.41, 5.74) is 1.60. The van der Waals surface area contributed by atoms with E-state index in [2.05, 4.69) is 31.0 Å². The number of nitrogens with zero attached hydrogens (tertiary/aromatic N) is 4. The first-order valence-corrected chi connectivity index (χ1v) is 7.70. The van der Waals surface area contributed by atoms with E-state index in [1.165, 1.54) is 34.8 Å². The number of benzene rings is 1. The van der Waals surface area contributed by atoms with E-state index in [9.17, 15) is 4.39 Å². The molecule has 3 heterocycles. The number of halogens is 2. The Morgan fingerprint density at radius 2 is 2.16 bits per heavy atom. The SMILES string of the molecule is Fc1ccc2nc(-c3cnc4sc(Br)nn34)sc2c1. The quantitative estimate of drug-likeness (QED) is 0.519. The molecule has 0 aliphatic rings. The fourth-order valence-electron chi connectivity index (χ4n) is 1.82. The van der Waals surface area contributed by atoms with Gasteiger partial charge in [-0.1, -0.05) is 11.3 Å². The van der Waals surface area contributed by atoms with Crippen molar-refractivity contribution < 1.29 is 4.39 Å². The number of aromatic nitrogens is 4. The lowest BCUT2D eigenvalue weighted by Gasteiger charge is -1.89. The highest BCUT2D eigenvalue weighted by Gasteiger charge is 2.14. The van der Waals surface area contributed by atoms with E-state index in [0.29, 0.717) is 0 Å². The smallest absolute Gasteiger partial charge is 0.213 e. The van der Waals surface area contributed by atoms with Crippen LogP contribution in [0, 0.1) is 5.82 Å². The maximum absolute atomic E-state index is 13.2. The molecular formula is C11H4BrFN4S2. The molecule has 0 fully saturated rings. The van der Waals surface area contributed by atoms with E-state index >= 15 is 0 Å². The van der Waals surface area contributed by atoms with Crippen molar-refractivity contribution in [2.45, 2.75) is 0 Å². The highest BCUT2D eigenvalue weighted by atomic mass is 79.9. The van der Waals surface area contributed by atoms with Gasteiger partial charge in [-0.05, 0) is 34.1 Å². The van der Waals surface area contributed by atoms with Crippen molar-refractivity contribution in [2.24, 2.45) is 0 Å². The van der Waals surface area contributed by atoms with Crippen LogP contribution >= 0.6 is 38.6 Å². The molecule has 4 aromatic rings. The minimum Gasteiger partial charge on any atom is -0.234 e. The lowest BCUT2D eigenvalue weighted by Crippen LogP contribution is -1.86. The van der Waals surface area contributed by atoms with Crippen molar-refractivity contribution in [3.8, 4) is 10.7 Å². The molecular weight excluding hydrogens is 351 g/mol. The van der Waals surface area contributed by atoms with Crippen molar-refractivity contribution in [3.05, 3.63) is 34.1 Å². The Kier molecular flexibility index (Phi) is 2.44. The van der Waals surface area contributed by atoms with Crippen LogP contribution in [0.25, 0.3) is 25.9 Å². The first-order valence-electron chi connectivity index (χ1n) is 5.27. The topological polar surface area (TPSA) is 43.1 Å². The predicted octanol–water partition coefficient (Wildman–Crippen LogP) is 3.97. The molecule has 0 aliphatic heterocycles. The van der Waals surface area contributed by atoms with Gasteiger partial charge in [-0.15, -0.1) is 16.4 Å². The molecule has 94 valence electrons. The molecule has 0 radical (unpaired) electrons. The van der Waals surface area contributed by atoms with Crippen molar-refractivity contribution in [2.75, 3.05) is 0 Å². The maximum Gasteiger partial charge on any atom is 0.213 e. The second kappa shape index (κ2) is 4.06. The van der Waals surface area contributed by atoms with Crippen molar-refractivity contribution >= 4 is 53.8 Å². The lowest BCUT2D eigenvalue weighted by atomic mass is 10.3. The first-order chi connectivity index (χ1) is 9.20. The summed E-state index contributed by atoms with van der Waals surface area (Å²) in [6, 6.07) is 4.59. The second-order valence-corrected chi connectivity index (χ2v) is 7.09. The van der Waals surface area contributed by atoms with Crippen LogP contribution in [0.2, 0.25) is 0 Å². The number of rotatable bonds is 1. The molecule has 0 atom stereocenters. The van der Waals surface area contributed by atoms with Gasteiger partial charge in [0.1, 0.15) is 16.5 Å². The molecule has 4 rings (SSSR count). The van der Waals surface area contributed by atoms with Crippen LogP contribution in [0.5, 0.6) is 0 Å². The molecule has 19 heavy (non-hydrogen) atoms. The average Bonchev–Trinajstić information content (AvgIpc) is 3.00. The summed E-state index contributed by atoms with van der Waals surface area (Å²) in [7, 11) is 0. The van der Waals surface area contributed by atoms with Gasteiger partial charge in [-0.3, -0.25) is 0 Å². The highest BCUT2D eigenvalue weighted by molar-refractivity contribution is 9.11. The summed E-state index contributed by atoms with van der Waals surface area (Å²) in [6.07, 6.45) is 1.74. The molecule has 8 heteroatoms. The third-order valence-corrected chi connectivity index (χ3v) is 5.03. The zero-order valence-corrected chi connectivity index (χ0v) is 12.4. The zero-order valence-electron chi connectivity index (χ0n) is 9.17. The molecule has 1 aromatic carbocycles. The molecule has 3 aromatic heterocycles. The Hall–Kier alpha value is -1.38. The van der Waals surface area contributed by atoms with Crippen LogP contribution < -0.4 is 0 Å². The summed E-state index contributed by atoms with van der Waals surface area (Å²) in [4.78, 5) is 9.58. The monoisotopic (exact) mass is 354 g/mol. The fourth-order valence-corrected chi connectivity index (χ4v) is 4.01. The molecule has 0 N–H and O–H groups in total. The summed E-state index contributed by atoms with van der Waals surface area (Å²) >= 11 is 6.22. The standard InChI is InChI=1S/C11H4BrFN4S2/c12-10-16-17-7(4-14-11(17)19-10)9-15-6-2-1-5(13)3-8(6)18-9/h1-4H. The van der Waals surface area contributed by atoms with Crippen molar-refractivity contribution in [1.82, 2.24) is 19.6 Å². The van der Waals surface area contributed by atoms with Gasteiger partial charge in [0.05, 0.1) is 16.4 Å². The Balaban J connectivity index is 1.98. The van der Waals surface area contributed by atoms with Gasteiger partial charge < -0.3 is 0 Å². The fraction of sp³-hybridized carbons (Fsp3) is 0. The molecule has 4 nitrogen and oxygen atoms in total. The molecule has 0 saturated carbocycles. The van der Waals surface area contributed by atoms with Gasteiger partial charge in [-0.25, -0.2) is 14.4 Å². The molecule has 0 amide bonds. The Morgan fingerprint density at radius 1 is 1.26 bits per heavy atom. The summed E-state index contributed by atoms with van der Waals surface area (Å²) in [5.74, 6) is -0.252. The summed E-state index contributed by atoms with van der Waals surface area (Å²) in [6.45, 7) is 0. The molecule has 0 aliphatic carbocycles. The van der Waals surface area contributed by atoms with Gasteiger partial charge in [0.25, 0.3) is 0 Å². The third kappa shape index (κ3) is 1.78. The number of hydrogen-bond donors (Lipinski definition) is 0. The Labute approximate surface area is 122 Å². The van der Waals surface area contributed by atoms with Crippen LogP contribution in [0.15, 0.2) is 28.3 Å². The number of thiazole rings is 1. The second-order valence-electron chi connectivity index (χ2n) is 3.82. The Morgan fingerprint density at radius 3 is 3.05 bits per heavy atom. The maximum atomic E-state index is 13.2. The largest absolute Gasteiger partial charge is 0.234 e. The normalized spacial score (nSPS) is 11.7. The van der Waals surface area contributed by atoms with Gasteiger partial charge in [0, 0.05) is 0 Å². The van der Waals surface area contributed by atoms with Gasteiger partial charge in [0.15, 0.2) is 3.92 Å². The van der Waals surface area contributed by atoms with E-state index in [0.717, 1.165) is 29.8 Å². The van der Waals surface area contributed by atoms with E-state index in [1.54, 1.807) is 16.8 Å². The van der Waals surface area contributed by atoms with Crippen LogP contribution in [-0.2, 0) is 0 Å². The molecule has 0 saturated heterocycles. The van der Waals surface area contributed by atoms with Gasteiger partial charge in [0.2, 0.25) is 4.96 Å². The minimum atomic E-state index is -0.252. The molecule has 0 bridgehead atoms. The summed E-state index contributed by atoms with van der Waals surface area (Å²) < 4.78 is 16.5. The van der Waals surface area contributed by atoms with Crippen LogP contribution in [0.3, 0.4) is 0 Å². The van der Waals surface area contributed by atoms with Crippen molar-refractivity contribution in [3.63, 3.8) is 0 Å². The minimum absolute atomic E-state index is 0.252.